The molecule has 1 aromatic carbocycles. The number of aromatic nitrogens is 2. The predicted octanol–water partition coefficient (Wildman–Crippen LogP) is 1.51. The first-order valence-electron chi connectivity index (χ1n) is 4.53. The molecule has 0 aliphatic heterocycles. The third-order valence-electron chi connectivity index (χ3n) is 2.07. The maximum atomic E-state index is 8.81. The first-order valence-corrected chi connectivity index (χ1v) is 5.32. The number of nitrogens with zero attached hydrogens (tertiary/aromatic N) is 2. The number of rotatable bonds is 2. The molecule has 0 amide bonds. The molecule has 0 unspecified atom stereocenters. The van der Waals surface area contributed by atoms with E-state index in [1.54, 1.807) is 0 Å². The van der Waals surface area contributed by atoms with Crippen molar-refractivity contribution in [1.29, 1.82) is 0 Å². The molecule has 0 saturated heterocycles. The number of halogens is 1. The second-order valence-electron chi connectivity index (χ2n) is 3.16. The number of hydrogen-bond acceptors (Lipinski definition) is 4. The second-order valence-corrected chi connectivity index (χ2v) is 4.08. The molecule has 78 valence electrons. The molecule has 0 atom stereocenters. The Bertz CT molecular complexity index is 501. The normalized spacial score (nSPS) is 10.8. The lowest BCUT2D eigenvalue weighted by molar-refractivity contribution is 0.297. The molecule has 5 heteroatoms. The van der Waals surface area contributed by atoms with E-state index in [1.165, 1.54) is 0 Å². The summed E-state index contributed by atoms with van der Waals surface area (Å²) in [5.41, 5.74) is 6.58. The molecular formula is C10H10BrN3O. The monoisotopic (exact) mass is 267 g/mol. The van der Waals surface area contributed by atoms with Crippen molar-refractivity contribution in [3.05, 3.63) is 28.5 Å². The molecule has 3 N–H and O–H groups in total. The Morgan fingerprint density at radius 2 is 2.13 bits per heavy atom. The molecule has 0 bridgehead atoms. The van der Waals surface area contributed by atoms with E-state index < -0.39 is 0 Å². The zero-order valence-corrected chi connectivity index (χ0v) is 9.53. The van der Waals surface area contributed by atoms with Crippen molar-refractivity contribution in [3.63, 3.8) is 0 Å². The lowest BCUT2D eigenvalue weighted by atomic mass is 10.2. The number of fused-ring (bicyclic) bond motifs is 1. The minimum absolute atomic E-state index is 0.0267. The summed E-state index contributed by atoms with van der Waals surface area (Å²) in [7, 11) is 0. The second kappa shape index (κ2) is 4.12. The highest BCUT2D eigenvalue weighted by molar-refractivity contribution is 9.10. The molecule has 0 aliphatic carbocycles. The van der Waals surface area contributed by atoms with E-state index in [1.807, 2.05) is 18.2 Å². The zero-order valence-electron chi connectivity index (χ0n) is 7.94. The van der Waals surface area contributed by atoms with Gasteiger partial charge in [-0.1, -0.05) is 15.9 Å². The van der Waals surface area contributed by atoms with E-state index in [4.69, 9.17) is 10.8 Å². The van der Waals surface area contributed by atoms with Crippen LogP contribution in [0.3, 0.4) is 0 Å². The summed E-state index contributed by atoms with van der Waals surface area (Å²) < 4.78 is 0.947. The van der Waals surface area contributed by atoms with Crippen LogP contribution >= 0.6 is 15.9 Å². The van der Waals surface area contributed by atoms with Crippen molar-refractivity contribution in [2.45, 2.75) is 6.42 Å². The topological polar surface area (TPSA) is 72.0 Å². The van der Waals surface area contributed by atoms with Crippen molar-refractivity contribution in [1.82, 2.24) is 9.97 Å². The van der Waals surface area contributed by atoms with Gasteiger partial charge < -0.3 is 10.8 Å². The van der Waals surface area contributed by atoms with E-state index in [-0.39, 0.29) is 6.61 Å². The molecule has 0 spiro atoms. The highest BCUT2D eigenvalue weighted by atomic mass is 79.9. The van der Waals surface area contributed by atoms with Gasteiger partial charge in [0.2, 0.25) is 0 Å². The van der Waals surface area contributed by atoms with Crippen LogP contribution in [0.4, 0.5) is 5.82 Å². The van der Waals surface area contributed by atoms with E-state index in [2.05, 4.69) is 25.9 Å². The van der Waals surface area contributed by atoms with Crippen molar-refractivity contribution < 1.29 is 5.11 Å². The number of benzene rings is 1. The summed E-state index contributed by atoms with van der Waals surface area (Å²) in [6, 6.07) is 5.65. The van der Waals surface area contributed by atoms with E-state index in [9.17, 15) is 0 Å². The average Bonchev–Trinajstić information content (AvgIpc) is 2.17. The largest absolute Gasteiger partial charge is 0.396 e. The molecule has 1 heterocycles. The van der Waals surface area contributed by atoms with Gasteiger partial charge in [0.1, 0.15) is 11.6 Å². The number of nitrogens with two attached hydrogens (primary N) is 1. The van der Waals surface area contributed by atoms with Gasteiger partial charge in [-0.3, -0.25) is 0 Å². The number of aliphatic hydroxyl groups is 1. The molecule has 0 fully saturated rings. The van der Waals surface area contributed by atoms with Gasteiger partial charge in [0.25, 0.3) is 0 Å². The van der Waals surface area contributed by atoms with Crippen molar-refractivity contribution in [2.24, 2.45) is 0 Å². The Balaban J connectivity index is 2.63. The van der Waals surface area contributed by atoms with Gasteiger partial charge in [-0.15, -0.1) is 0 Å². The van der Waals surface area contributed by atoms with Crippen LogP contribution < -0.4 is 5.73 Å². The number of anilines is 1. The Kier molecular flexibility index (Phi) is 2.83. The van der Waals surface area contributed by atoms with Crippen LogP contribution in [0.15, 0.2) is 22.7 Å². The van der Waals surface area contributed by atoms with Crippen LogP contribution in [-0.4, -0.2) is 21.7 Å². The highest BCUT2D eigenvalue weighted by Crippen LogP contribution is 2.21. The SMILES string of the molecule is Nc1nc(CCO)nc2cc(Br)ccc12. The van der Waals surface area contributed by atoms with Gasteiger partial charge in [0, 0.05) is 16.3 Å². The van der Waals surface area contributed by atoms with Crippen LogP contribution in [0.2, 0.25) is 0 Å². The summed E-state index contributed by atoms with van der Waals surface area (Å²) in [6.45, 7) is 0.0267. The molecule has 0 saturated carbocycles. The third kappa shape index (κ3) is 2.08. The predicted molar refractivity (Wildman–Crippen MR) is 62.4 cm³/mol. The van der Waals surface area contributed by atoms with Crippen molar-refractivity contribution in [3.8, 4) is 0 Å². The number of hydrogen-bond donors (Lipinski definition) is 2. The van der Waals surface area contributed by atoms with Gasteiger partial charge in [-0.05, 0) is 18.2 Å². The average molecular weight is 268 g/mol. The molecule has 15 heavy (non-hydrogen) atoms. The highest BCUT2D eigenvalue weighted by Gasteiger charge is 2.04. The van der Waals surface area contributed by atoms with Crippen LogP contribution in [0.25, 0.3) is 10.9 Å². The fourth-order valence-electron chi connectivity index (χ4n) is 1.39. The molecule has 1 aromatic heterocycles. The minimum Gasteiger partial charge on any atom is -0.396 e. The Morgan fingerprint density at radius 1 is 1.33 bits per heavy atom. The van der Waals surface area contributed by atoms with Gasteiger partial charge in [0.05, 0.1) is 12.1 Å². The van der Waals surface area contributed by atoms with E-state index >= 15 is 0 Å². The first kappa shape index (κ1) is 10.3. The summed E-state index contributed by atoms with van der Waals surface area (Å²) >= 11 is 3.37. The summed E-state index contributed by atoms with van der Waals surface area (Å²) in [4.78, 5) is 8.42. The molecule has 4 nitrogen and oxygen atoms in total. The van der Waals surface area contributed by atoms with E-state index in [0.29, 0.717) is 18.1 Å². The molecule has 2 aromatic rings. The Morgan fingerprint density at radius 3 is 2.87 bits per heavy atom. The van der Waals surface area contributed by atoms with Crippen molar-refractivity contribution in [2.75, 3.05) is 12.3 Å². The van der Waals surface area contributed by atoms with Gasteiger partial charge in [-0.2, -0.15) is 0 Å². The van der Waals surface area contributed by atoms with Crippen LogP contribution in [0, 0.1) is 0 Å². The Hall–Kier alpha value is -1.20. The zero-order chi connectivity index (χ0) is 10.8. The standard InChI is InChI=1S/C10H10BrN3O/c11-6-1-2-7-8(5-6)13-9(3-4-15)14-10(7)12/h1-2,5,15H,3-4H2,(H2,12,13,14). The summed E-state index contributed by atoms with van der Waals surface area (Å²) in [5.74, 6) is 1.02. The van der Waals surface area contributed by atoms with Crippen LogP contribution in [0.1, 0.15) is 5.82 Å². The van der Waals surface area contributed by atoms with Crippen molar-refractivity contribution >= 4 is 32.7 Å². The fraction of sp³-hybridized carbons (Fsp3) is 0.200. The molecule has 0 radical (unpaired) electrons. The first-order chi connectivity index (χ1) is 7.20. The van der Waals surface area contributed by atoms with Gasteiger partial charge >= 0.3 is 0 Å². The lowest BCUT2D eigenvalue weighted by Gasteiger charge is -2.04. The molecule has 0 aliphatic rings. The van der Waals surface area contributed by atoms with Crippen LogP contribution in [-0.2, 0) is 6.42 Å². The Labute approximate surface area is 95.3 Å². The van der Waals surface area contributed by atoms with Gasteiger partial charge in [-0.25, -0.2) is 9.97 Å². The fourth-order valence-corrected chi connectivity index (χ4v) is 1.74. The molecule has 2 rings (SSSR count). The number of aliphatic hydroxyl groups excluding tert-OH is 1. The third-order valence-corrected chi connectivity index (χ3v) is 2.56. The summed E-state index contributed by atoms with van der Waals surface area (Å²) in [6.07, 6.45) is 0.423. The van der Waals surface area contributed by atoms with E-state index in [0.717, 1.165) is 15.4 Å². The minimum atomic E-state index is 0.0267. The maximum absolute atomic E-state index is 8.81. The molecular weight excluding hydrogens is 258 g/mol. The number of nitrogen functional groups attached to an aromatic ring is 1. The summed E-state index contributed by atoms with van der Waals surface area (Å²) in [5, 5.41) is 9.64. The quantitative estimate of drug-likeness (QED) is 0.866. The van der Waals surface area contributed by atoms with Gasteiger partial charge in [0.15, 0.2) is 0 Å². The van der Waals surface area contributed by atoms with Crippen LogP contribution in [0.5, 0.6) is 0 Å². The smallest absolute Gasteiger partial charge is 0.135 e. The maximum Gasteiger partial charge on any atom is 0.135 e. The lowest BCUT2D eigenvalue weighted by Crippen LogP contribution is -2.03.